The first-order valence-electron chi connectivity index (χ1n) is 6.85. The second kappa shape index (κ2) is 8.11. The number of aliphatic hydroxyl groups is 1. The first-order chi connectivity index (χ1) is 8.99. The zero-order valence-corrected chi connectivity index (χ0v) is 13.3. The van der Waals surface area contributed by atoms with E-state index in [1.54, 1.807) is 6.07 Å². The molecule has 1 aromatic carbocycles. The van der Waals surface area contributed by atoms with Crippen LogP contribution in [0.15, 0.2) is 18.2 Å². The minimum Gasteiger partial charge on any atom is -0.392 e. The molecule has 0 aliphatic carbocycles. The molecule has 0 bridgehead atoms. The third-order valence-corrected chi connectivity index (χ3v) is 4.41. The van der Waals surface area contributed by atoms with Crippen LogP contribution < -0.4 is 5.32 Å². The lowest BCUT2D eigenvalue weighted by atomic mass is 9.96. The smallest absolute Gasteiger partial charge is 0.0692 e. The van der Waals surface area contributed by atoms with Gasteiger partial charge in [0, 0.05) is 12.6 Å². The molecule has 4 heteroatoms. The van der Waals surface area contributed by atoms with Crippen LogP contribution in [-0.4, -0.2) is 17.8 Å². The molecule has 19 heavy (non-hydrogen) atoms. The van der Waals surface area contributed by atoms with Gasteiger partial charge in [-0.15, -0.1) is 0 Å². The molecular weight excluding hydrogens is 281 g/mol. The Labute approximate surface area is 126 Å². The highest BCUT2D eigenvalue weighted by Gasteiger charge is 2.16. The highest BCUT2D eigenvalue weighted by molar-refractivity contribution is 6.42. The third-order valence-electron chi connectivity index (χ3n) is 3.67. The summed E-state index contributed by atoms with van der Waals surface area (Å²) in [5.74, 6) is 0.355. The van der Waals surface area contributed by atoms with Crippen LogP contribution in [0, 0.1) is 5.92 Å². The molecule has 0 aliphatic heterocycles. The molecule has 0 saturated carbocycles. The second-order valence-electron chi connectivity index (χ2n) is 4.95. The van der Waals surface area contributed by atoms with Gasteiger partial charge in [-0.1, -0.05) is 56.0 Å². The molecule has 0 aliphatic rings. The Morgan fingerprint density at radius 3 is 2.32 bits per heavy atom. The number of rotatable bonds is 7. The normalized spacial score (nSPS) is 14.7. The van der Waals surface area contributed by atoms with Gasteiger partial charge in [0.1, 0.15) is 0 Å². The Kier molecular flexibility index (Phi) is 7.16. The average Bonchev–Trinajstić information content (AvgIpc) is 2.40. The van der Waals surface area contributed by atoms with Crippen LogP contribution in [0.4, 0.5) is 0 Å². The minimum atomic E-state index is -0.305. The molecule has 0 radical (unpaired) electrons. The molecule has 108 valence electrons. The summed E-state index contributed by atoms with van der Waals surface area (Å²) in [4.78, 5) is 0. The summed E-state index contributed by atoms with van der Waals surface area (Å²) >= 11 is 11.9. The molecule has 2 unspecified atom stereocenters. The average molecular weight is 304 g/mol. The standard InChI is InChI=1S/C15H23Cl2NO/c1-4-11(5-2)15(19)9-18-10(3)12-6-7-13(16)14(17)8-12/h6-8,10-11,15,18-19H,4-5,9H2,1-3H3. The molecule has 0 fully saturated rings. The van der Waals surface area contributed by atoms with E-state index < -0.39 is 0 Å². The van der Waals surface area contributed by atoms with Crippen molar-refractivity contribution in [2.45, 2.75) is 45.8 Å². The van der Waals surface area contributed by atoms with E-state index in [0.717, 1.165) is 18.4 Å². The summed E-state index contributed by atoms with van der Waals surface area (Å²) in [5, 5.41) is 14.6. The van der Waals surface area contributed by atoms with Crippen molar-refractivity contribution in [3.05, 3.63) is 33.8 Å². The van der Waals surface area contributed by atoms with Crippen molar-refractivity contribution in [1.29, 1.82) is 0 Å². The van der Waals surface area contributed by atoms with Gasteiger partial charge < -0.3 is 10.4 Å². The van der Waals surface area contributed by atoms with Gasteiger partial charge >= 0.3 is 0 Å². The van der Waals surface area contributed by atoms with Gasteiger partial charge in [-0.25, -0.2) is 0 Å². The Bertz CT molecular complexity index is 394. The molecule has 2 atom stereocenters. The molecule has 1 aromatic rings. The number of halogens is 2. The number of nitrogens with one attached hydrogen (secondary N) is 1. The first kappa shape index (κ1) is 16.8. The summed E-state index contributed by atoms with van der Waals surface area (Å²) in [6.45, 7) is 6.87. The van der Waals surface area contributed by atoms with Crippen molar-refractivity contribution in [2.24, 2.45) is 5.92 Å². The molecule has 0 heterocycles. The minimum absolute atomic E-state index is 0.138. The van der Waals surface area contributed by atoms with Crippen molar-refractivity contribution in [1.82, 2.24) is 5.32 Å². The Morgan fingerprint density at radius 2 is 1.79 bits per heavy atom. The van der Waals surface area contributed by atoms with E-state index in [-0.39, 0.29) is 12.1 Å². The van der Waals surface area contributed by atoms with E-state index >= 15 is 0 Å². The highest BCUT2D eigenvalue weighted by Crippen LogP contribution is 2.25. The van der Waals surface area contributed by atoms with Gasteiger partial charge in [0.25, 0.3) is 0 Å². The summed E-state index contributed by atoms with van der Waals surface area (Å²) in [6.07, 6.45) is 1.70. The van der Waals surface area contributed by atoms with Crippen molar-refractivity contribution >= 4 is 23.2 Å². The maximum atomic E-state index is 10.1. The van der Waals surface area contributed by atoms with Crippen molar-refractivity contribution in [2.75, 3.05) is 6.54 Å². The lowest BCUT2D eigenvalue weighted by Gasteiger charge is -2.23. The van der Waals surface area contributed by atoms with Crippen LogP contribution >= 0.6 is 23.2 Å². The fraction of sp³-hybridized carbons (Fsp3) is 0.600. The van der Waals surface area contributed by atoms with E-state index in [2.05, 4.69) is 26.1 Å². The highest BCUT2D eigenvalue weighted by atomic mass is 35.5. The lowest BCUT2D eigenvalue weighted by molar-refractivity contribution is 0.0989. The summed E-state index contributed by atoms with van der Waals surface area (Å²) < 4.78 is 0. The molecule has 0 amide bonds. The first-order valence-corrected chi connectivity index (χ1v) is 7.61. The van der Waals surface area contributed by atoms with Crippen LogP contribution in [-0.2, 0) is 0 Å². The quantitative estimate of drug-likeness (QED) is 0.780. The molecule has 2 N–H and O–H groups in total. The van der Waals surface area contributed by atoms with Gasteiger partial charge in [0.15, 0.2) is 0 Å². The van der Waals surface area contributed by atoms with E-state index in [0.29, 0.717) is 22.5 Å². The molecule has 2 nitrogen and oxygen atoms in total. The number of hydrogen-bond donors (Lipinski definition) is 2. The van der Waals surface area contributed by atoms with Crippen LogP contribution in [0.5, 0.6) is 0 Å². The molecular formula is C15H23Cl2NO. The number of aliphatic hydroxyl groups excluding tert-OH is 1. The fourth-order valence-electron chi connectivity index (χ4n) is 2.20. The van der Waals surface area contributed by atoms with E-state index in [4.69, 9.17) is 23.2 Å². The van der Waals surface area contributed by atoms with E-state index in [9.17, 15) is 5.11 Å². The van der Waals surface area contributed by atoms with Gasteiger partial charge in [-0.05, 0) is 30.5 Å². The van der Waals surface area contributed by atoms with Crippen molar-refractivity contribution < 1.29 is 5.11 Å². The topological polar surface area (TPSA) is 32.3 Å². The summed E-state index contributed by atoms with van der Waals surface area (Å²) in [7, 11) is 0. The number of hydrogen-bond acceptors (Lipinski definition) is 2. The largest absolute Gasteiger partial charge is 0.392 e. The maximum Gasteiger partial charge on any atom is 0.0692 e. The second-order valence-corrected chi connectivity index (χ2v) is 5.76. The maximum absolute atomic E-state index is 10.1. The predicted molar refractivity (Wildman–Crippen MR) is 83.0 cm³/mol. The van der Waals surface area contributed by atoms with Crippen LogP contribution in [0.25, 0.3) is 0 Å². The van der Waals surface area contributed by atoms with Crippen molar-refractivity contribution in [3.8, 4) is 0 Å². The van der Waals surface area contributed by atoms with Crippen LogP contribution in [0.2, 0.25) is 10.0 Å². The Hall–Kier alpha value is -0.280. The van der Waals surface area contributed by atoms with E-state index in [1.165, 1.54) is 0 Å². The zero-order valence-electron chi connectivity index (χ0n) is 11.8. The van der Waals surface area contributed by atoms with Gasteiger partial charge in [-0.3, -0.25) is 0 Å². The SMILES string of the molecule is CCC(CC)C(O)CNC(C)c1ccc(Cl)c(Cl)c1. The van der Waals surface area contributed by atoms with Gasteiger partial charge in [0.2, 0.25) is 0 Å². The van der Waals surface area contributed by atoms with Crippen LogP contribution in [0.1, 0.15) is 45.2 Å². The van der Waals surface area contributed by atoms with Crippen LogP contribution in [0.3, 0.4) is 0 Å². The Morgan fingerprint density at radius 1 is 1.16 bits per heavy atom. The summed E-state index contributed by atoms with van der Waals surface area (Å²) in [5.41, 5.74) is 1.08. The molecule has 0 aromatic heterocycles. The van der Waals surface area contributed by atoms with Crippen molar-refractivity contribution in [3.63, 3.8) is 0 Å². The molecule has 0 spiro atoms. The molecule has 0 saturated heterocycles. The lowest BCUT2D eigenvalue weighted by Crippen LogP contribution is -2.33. The molecule has 1 rings (SSSR count). The fourth-order valence-corrected chi connectivity index (χ4v) is 2.50. The van der Waals surface area contributed by atoms with E-state index in [1.807, 2.05) is 12.1 Å². The predicted octanol–water partition coefficient (Wildman–Crippen LogP) is 4.44. The van der Waals surface area contributed by atoms with Gasteiger partial charge in [-0.2, -0.15) is 0 Å². The number of benzene rings is 1. The summed E-state index contributed by atoms with van der Waals surface area (Å²) in [6, 6.07) is 5.76. The monoisotopic (exact) mass is 303 g/mol. The third kappa shape index (κ3) is 4.96. The zero-order chi connectivity index (χ0) is 14.4. The van der Waals surface area contributed by atoms with Gasteiger partial charge in [0.05, 0.1) is 16.1 Å². The Balaban J connectivity index is 2.55.